The summed E-state index contributed by atoms with van der Waals surface area (Å²) in [6.45, 7) is 0.960. The standard InChI is InChI=1S/C26H25Cl2N3O4S/c27-19-8-6-17(10-20(19)28)14-34-18-7-9-21-23(11-18)35-25(29-21)22-15-36-26(30-22)31(13-24(32)33)12-16-4-2-1-3-5-16/h6-11,15-16H,1-5,12-14H2,(H,32,33). The first-order valence-corrected chi connectivity index (χ1v) is 13.5. The number of benzene rings is 2. The van der Waals surface area contributed by atoms with Gasteiger partial charge in [0.25, 0.3) is 0 Å². The smallest absolute Gasteiger partial charge is 0.323 e. The number of rotatable bonds is 9. The molecule has 0 radical (unpaired) electrons. The van der Waals surface area contributed by atoms with Crippen molar-refractivity contribution in [1.29, 1.82) is 0 Å². The lowest BCUT2D eigenvalue weighted by molar-refractivity contribution is -0.135. The predicted octanol–water partition coefficient (Wildman–Crippen LogP) is 7.31. The summed E-state index contributed by atoms with van der Waals surface area (Å²) in [5.41, 5.74) is 2.75. The minimum absolute atomic E-state index is 0.0729. The molecule has 2 aromatic carbocycles. The highest BCUT2D eigenvalue weighted by atomic mass is 35.5. The summed E-state index contributed by atoms with van der Waals surface area (Å²) in [6.07, 6.45) is 5.94. The number of aromatic nitrogens is 2. The molecule has 1 aliphatic rings. The summed E-state index contributed by atoms with van der Waals surface area (Å²) >= 11 is 13.5. The number of thiazole rings is 1. The fraction of sp³-hybridized carbons (Fsp3) is 0.346. The van der Waals surface area contributed by atoms with Gasteiger partial charge in [0.15, 0.2) is 10.7 Å². The Morgan fingerprint density at radius 3 is 2.72 bits per heavy atom. The molecule has 1 N–H and O–H groups in total. The Balaban J connectivity index is 1.31. The van der Waals surface area contributed by atoms with Crippen LogP contribution in [0.5, 0.6) is 5.75 Å². The van der Waals surface area contributed by atoms with E-state index in [4.69, 9.17) is 32.4 Å². The van der Waals surface area contributed by atoms with E-state index in [-0.39, 0.29) is 6.54 Å². The second-order valence-corrected chi connectivity index (χ2v) is 10.6. The van der Waals surface area contributed by atoms with Crippen LogP contribution in [0, 0.1) is 5.92 Å². The zero-order valence-corrected chi connectivity index (χ0v) is 21.8. The van der Waals surface area contributed by atoms with E-state index in [0.29, 0.717) is 62.7 Å². The van der Waals surface area contributed by atoms with Crippen LogP contribution in [0.4, 0.5) is 5.13 Å². The van der Waals surface area contributed by atoms with Crippen molar-refractivity contribution in [1.82, 2.24) is 9.97 Å². The number of carboxylic acids is 1. The molecule has 5 rings (SSSR count). The van der Waals surface area contributed by atoms with E-state index in [0.717, 1.165) is 18.4 Å². The molecule has 1 fully saturated rings. The number of carbonyl (C=O) groups is 1. The average molecular weight is 546 g/mol. The minimum atomic E-state index is -0.863. The zero-order chi connectivity index (χ0) is 25.1. The van der Waals surface area contributed by atoms with E-state index < -0.39 is 5.97 Å². The van der Waals surface area contributed by atoms with E-state index in [2.05, 4.69) is 9.97 Å². The lowest BCUT2D eigenvalue weighted by Crippen LogP contribution is -2.34. The van der Waals surface area contributed by atoms with E-state index >= 15 is 0 Å². The Morgan fingerprint density at radius 2 is 1.94 bits per heavy atom. The summed E-state index contributed by atoms with van der Waals surface area (Å²) < 4.78 is 11.9. The Labute approximate surface area is 222 Å². The number of ether oxygens (including phenoxy) is 1. The van der Waals surface area contributed by atoms with Crippen LogP contribution >= 0.6 is 34.5 Å². The Bertz CT molecular complexity index is 1370. The molecule has 188 valence electrons. The fourth-order valence-electron chi connectivity index (χ4n) is 4.46. The highest BCUT2D eigenvalue weighted by molar-refractivity contribution is 7.14. The summed E-state index contributed by atoms with van der Waals surface area (Å²) in [4.78, 5) is 22.6. The molecule has 0 unspecified atom stereocenters. The molecule has 2 aromatic heterocycles. The van der Waals surface area contributed by atoms with Crippen LogP contribution in [-0.4, -0.2) is 34.1 Å². The van der Waals surface area contributed by atoms with E-state index in [1.54, 1.807) is 18.2 Å². The summed E-state index contributed by atoms with van der Waals surface area (Å²) in [6, 6.07) is 10.8. The molecular formula is C26H25Cl2N3O4S. The van der Waals surface area contributed by atoms with Crippen molar-refractivity contribution in [2.75, 3.05) is 18.0 Å². The molecule has 1 saturated carbocycles. The van der Waals surface area contributed by atoms with Crippen molar-refractivity contribution < 1.29 is 19.1 Å². The molecule has 0 spiro atoms. The van der Waals surface area contributed by atoms with Gasteiger partial charge in [-0.25, -0.2) is 9.97 Å². The van der Waals surface area contributed by atoms with E-state index in [9.17, 15) is 9.90 Å². The molecule has 4 aromatic rings. The lowest BCUT2D eigenvalue weighted by Gasteiger charge is -2.28. The summed E-state index contributed by atoms with van der Waals surface area (Å²) in [7, 11) is 0. The second-order valence-electron chi connectivity index (χ2n) is 8.98. The first kappa shape index (κ1) is 24.9. The maximum atomic E-state index is 11.5. The number of nitrogens with zero attached hydrogens (tertiary/aromatic N) is 3. The molecule has 2 heterocycles. The normalized spacial score (nSPS) is 14.3. The zero-order valence-electron chi connectivity index (χ0n) is 19.5. The van der Waals surface area contributed by atoms with Crippen molar-refractivity contribution in [3.05, 3.63) is 57.4 Å². The van der Waals surface area contributed by atoms with Gasteiger partial charge in [-0.3, -0.25) is 4.79 Å². The van der Waals surface area contributed by atoms with Gasteiger partial charge in [-0.15, -0.1) is 11.3 Å². The van der Waals surface area contributed by atoms with Gasteiger partial charge in [0, 0.05) is 18.0 Å². The van der Waals surface area contributed by atoms with Gasteiger partial charge >= 0.3 is 5.97 Å². The maximum Gasteiger partial charge on any atom is 0.323 e. The van der Waals surface area contributed by atoms with E-state index in [1.165, 1.54) is 30.6 Å². The van der Waals surface area contributed by atoms with Gasteiger partial charge in [0.05, 0.1) is 10.0 Å². The number of oxazole rings is 1. The highest BCUT2D eigenvalue weighted by Gasteiger charge is 2.22. The number of carboxylic acid groups (broad SMARTS) is 1. The topological polar surface area (TPSA) is 88.7 Å². The average Bonchev–Trinajstić information content (AvgIpc) is 3.52. The van der Waals surface area contributed by atoms with Gasteiger partial charge in [-0.1, -0.05) is 48.5 Å². The van der Waals surface area contributed by atoms with Crippen molar-refractivity contribution in [2.45, 2.75) is 38.7 Å². The SMILES string of the molecule is O=C(O)CN(CC1CCCCC1)c1nc(-c2nc3ccc(OCc4ccc(Cl)c(Cl)c4)cc3o2)cs1. The monoisotopic (exact) mass is 545 g/mol. The third-order valence-electron chi connectivity index (χ3n) is 6.26. The van der Waals surface area contributed by atoms with Crippen LogP contribution in [0.25, 0.3) is 22.7 Å². The molecule has 36 heavy (non-hydrogen) atoms. The Morgan fingerprint density at radius 1 is 1.11 bits per heavy atom. The van der Waals surface area contributed by atoms with Crippen molar-refractivity contribution >= 4 is 56.7 Å². The van der Waals surface area contributed by atoms with Crippen LogP contribution in [0.1, 0.15) is 37.7 Å². The number of aliphatic carboxylic acids is 1. The quantitative estimate of drug-likeness (QED) is 0.236. The van der Waals surface area contributed by atoms with Gasteiger partial charge in [0.1, 0.15) is 30.1 Å². The number of halogens is 2. The molecule has 1 aliphatic carbocycles. The minimum Gasteiger partial charge on any atom is -0.489 e. The molecule has 0 saturated heterocycles. The van der Waals surface area contributed by atoms with Crippen LogP contribution in [0.2, 0.25) is 10.0 Å². The number of fused-ring (bicyclic) bond motifs is 1. The summed E-state index contributed by atoms with van der Waals surface area (Å²) in [5, 5.41) is 13.0. The number of hydrogen-bond donors (Lipinski definition) is 1. The van der Waals surface area contributed by atoms with Gasteiger partial charge in [-0.05, 0) is 48.6 Å². The van der Waals surface area contributed by atoms with Crippen molar-refractivity contribution in [3.63, 3.8) is 0 Å². The third-order valence-corrected chi connectivity index (χ3v) is 7.90. The highest BCUT2D eigenvalue weighted by Crippen LogP contribution is 2.33. The van der Waals surface area contributed by atoms with Crippen LogP contribution in [0.3, 0.4) is 0 Å². The summed E-state index contributed by atoms with van der Waals surface area (Å²) in [5.74, 6) is 0.660. The largest absolute Gasteiger partial charge is 0.489 e. The molecule has 0 atom stereocenters. The Hall–Kier alpha value is -2.81. The first-order valence-electron chi connectivity index (χ1n) is 11.8. The third kappa shape index (κ3) is 5.94. The van der Waals surface area contributed by atoms with Crippen LogP contribution in [-0.2, 0) is 11.4 Å². The predicted molar refractivity (Wildman–Crippen MR) is 142 cm³/mol. The first-order chi connectivity index (χ1) is 17.4. The molecule has 0 aliphatic heterocycles. The molecule has 0 bridgehead atoms. The van der Waals surface area contributed by atoms with Gasteiger partial charge in [-0.2, -0.15) is 0 Å². The van der Waals surface area contributed by atoms with Crippen LogP contribution < -0.4 is 9.64 Å². The lowest BCUT2D eigenvalue weighted by atomic mass is 9.89. The van der Waals surface area contributed by atoms with Gasteiger partial charge in [0.2, 0.25) is 5.89 Å². The molecule has 10 heteroatoms. The number of anilines is 1. The van der Waals surface area contributed by atoms with Gasteiger partial charge < -0.3 is 19.2 Å². The maximum absolute atomic E-state index is 11.5. The Kier molecular flexibility index (Phi) is 7.65. The molecular weight excluding hydrogens is 521 g/mol. The fourth-order valence-corrected chi connectivity index (χ4v) is 5.59. The molecule has 0 amide bonds. The van der Waals surface area contributed by atoms with Crippen molar-refractivity contribution in [2.24, 2.45) is 5.92 Å². The second kappa shape index (κ2) is 11.1. The van der Waals surface area contributed by atoms with E-state index in [1.807, 2.05) is 28.5 Å². The van der Waals surface area contributed by atoms with Crippen molar-refractivity contribution in [3.8, 4) is 17.3 Å². The molecule has 7 nitrogen and oxygen atoms in total. The van der Waals surface area contributed by atoms with Crippen LogP contribution in [0.15, 0.2) is 46.2 Å². The number of hydrogen-bond acceptors (Lipinski definition) is 7.